The van der Waals surface area contributed by atoms with Crippen LogP contribution >= 0.6 is 11.3 Å². The zero-order chi connectivity index (χ0) is 13.9. The minimum atomic E-state index is -3.54. The zero-order valence-electron chi connectivity index (χ0n) is 10.9. The molecule has 0 aromatic carbocycles. The van der Waals surface area contributed by atoms with Gasteiger partial charge in [-0.05, 0) is 26.3 Å². The molecule has 7 heteroatoms. The maximum absolute atomic E-state index is 12.1. The summed E-state index contributed by atoms with van der Waals surface area (Å²) in [6.07, 6.45) is 0.713. The van der Waals surface area contributed by atoms with E-state index in [1.165, 1.54) is 24.5 Å². The molecule has 102 valence electrons. The lowest BCUT2D eigenvalue weighted by Gasteiger charge is -2.11. The SMILES string of the molecule is CCC(C)NS(=O)(=O)c1cc(C(=O)NC)sc1C. The maximum atomic E-state index is 12.1. The van der Waals surface area contributed by atoms with Crippen LogP contribution in [-0.4, -0.2) is 27.4 Å². The van der Waals surface area contributed by atoms with Crippen molar-refractivity contribution in [3.05, 3.63) is 15.8 Å². The van der Waals surface area contributed by atoms with Gasteiger partial charge in [-0.3, -0.25) is 4.79 Å². The van der Waals surface area contributed by atoms with Crippen LogP contribution in [0, 0.1) is 6.92 Å². The Morgan fingerprint density at radius 3 is 2.61 bits per heavy atom. The van der Waals surface area contributed by atoms with E-state index in [9.17, 15) is 13.2 Å². The number of thiophene rings is 1. The van der Waals surface area contributed by atoms with Gasteiger partial charge in [-0.2, -0.15) is 0 Å². The Labute approximate surface area is 112 Å². The van der Waals surface area contributed by atoms with Crippen molar-refractivity contribution in [1.29, 1.82) is 0 Å². The fourth-order valence-electron chi connectivity index (χ4n) is 1.38. The van der Waals surface area contributed by atoms with E-state index in [-0.39, 0.29) is 16.8 Å². The van der Waals surface area contributed by atoms with E-state index in [0.29, 0.717) is 16.2 Å². The van der Waals surface area contributed by atoms with Gasteiger partial charge >= 0.3 is 0 Å². The molecule has 5 nitrogen and oxygen atoms in total. The van der Waals surface area contributed by atoms with Crippen molar-refractivity contribution in [3.8, 4) is 0 Å². The van der Waals surface area contributed by atoms with Crippen LogP contribution in [0.1, 0.15) is 34.8 Å². The van der Waals surface area contributed by atoms with Crippen LogP contribution in [0.2, 0.25) is 0 Å². The van der Waals surface area contributed by atoms with Crippen molar-refractivity contribution in [2.24, 2.45) is 0 Å². The number of carbonyl (C=O) groups is 1. The summed E-state index contributed by atoms with van der Waals surface area (Å²) in [7, 11) is -2.03. The number of amides is 1. The number of hydrogen-bond donors (Lipinski definition) is 2. The van der Waals surface area contributed by atoms with Crippen molar-refractivity contribution in [3.63, 3.8) is 0 Å². The first-order valence-corrected chi connectivity index (χ1v) is 7.96. The van der Waals surface area contributed by atoms with Crippen LogP contribution in [0.15, 0.2) is 11.0 Å². The minimum Gasteiger partial charge on any atom is -0.354 e. The Balaban J connectivity index is 3.10. The highest BCUT2D eigenvalue weighted by atomic mass is 32.2. The summed E-state index contributed by atoms with van der Waals surface area (Å²) < 4.78 is 26.8. The van der Waals surface area contributed by atoms with Gasteiger partial charge in [-0.25, -0.2) is 13.1 Å². The number of nitrogens with one attached hydrogen (secondary N) is 2. The molecular formula is C11H18N2O3S2. The standard InChI is InChI=1S/C11H18N2O3S2/c1-5-7(2)13-18(15,16)10-6-9(11(14)12-4)17-8(10)3/h6-7,13H,5H2,1-4H3,(H,12,14). The lowest BCUT2D eigenvalue weighted by Crippen LogP contribution is -2.32. The topological polar surface area (TPSA) is 75.3 Å². The highest BCUT2D eigenvalue weighted by molar-refractivity contribution is 7.89. The van der Waals surface area contributed by atoms with Gasteiger partial charge in [-0.1, -0.05) is 6.92 Å². The molecule has 0 aliphatic heterocycles. The van der Waals surface area contributed by atoms with Gasteiger partial charge in [0.15, 0.2) is 0 Å². The van der Waals surface area contributed by atoms with E-state index in [0.717, 1.165) is 0 Å². The van der Waals surface area contributed by atoms with Crippen LogP contribution in [0.4, 0.5) is 0 Å². The van der Waals surface area contributed by atoms with Crippen LogP contribution < -0.4 is 10.0 Å². The van der Waals surface area contributed by atoms with Crippen LogP contribution in [0.5, 0.6) is 0 Å². The molecule has 0 fully saturated rings. The second-order valence-electron chi connectivity index (χ2n) is 4.04. The predicted octanol–water partition coefficient (Wildman–Crippen LogP) is 1.49. The Kier molecular flexibility index (Phi) is 4.89. The van der Waals surface area contributed by atoms with E-state index < -0.39 is 10.0 Å². The zero-order valence-corrected chi connectivity index (χ0v) is 12.5. The van der Waals surface area contributed by atoms with Crippen LogP contribution in [-0.2, 0) is 10.0 Å². The van der Waals surface area contributed by atoms with Gasteiger partial charge in [-0.15, -0.1) is 11.3 Å². The molecule has 0 radical (unpaired) electrons. The van der Waals surface area contributed by atoms with Gasteiger partial charge < -0.3 is 5.32 Å². The molecule has 1 atom stereocenters. The van der Waals surface area contributed by atoms with Gasteiger partial charge in [0.2, 0.25) is 10.0 Å². The van der Waals surface area contributed by atoms with E-state index in [1.807, 2.05) is 6.92 Å². The summed E-state index contributed by atoms with van der Waals surface area (Å²) in [5.41, 5.74) is 0. The molecule has 2 N–H and O–H groups in total. The Hall–Kier alpha value is -0.920. The number of sulfonamides is 1. The monoisotopic (exact) mass is 290 g/mol. The molecule has 0 saturated heterocycles. The minimum absolute atomic E-state index is 0.127. The molecule has 1 aromatic rings. The lowest BCUT2D eigenvalue weighted by atomic mass is 10.3. The van der Waals surface area contributed by atoms with Gasteiger partial charge in [0.1, 0.15) is 0 Å². The van der Waals surface area contributed by atoms with Crippen molar-refractivity contribution in [2.45, 2.75) is 38.1 Å². The Morgan fingerprint density at radius 1 is 1.50 bits per heavy atom. The van der Waals surface area contributed by atoms with Crippen LogP contribution in [0.3, 0.4) is 0 Å². The van der Waals surface area contributed by atoms with Crippen molar-refractivity contribution in [1.82, 2.24) is 10.0 Å². The summed E-state index contributed by atoms with van der Waals surface area (Å²) in [4.78, 5) is 12.7. The highest BCUT2D eigenvalue weighted by Crippen LogP contribution is 2.25. The quantitative estimate of drug-likeness (QED) is 0.862. The Bertz CT molecular complexity index is 534. The maximum Gasteiger partial charge on any atom is 0.261 e. The summed E-state index contributed by atoms with van der Waals surface area (Å²) in [5, 5.41) is 2.48. The molecule has 1 rings (SSSR count). The fraction of sp³-hybridized carbons (Fsp3) is 0.545. The third-order valence-electron chi connectivity index (χ3n) is 2.58. The smallest absolute Gasteiger partial charge is 0.261 e. The fourth-order valence-corrected chi connectivity index (χ4v) is 4.24. The van der Waals surface area contributed by atoms with Crippen molar-refractivity contribution >= 4 is 27.3 Å². The lowest BCUT2D eigenvalue weighted by molar-refractivity contribution is 0.0967. The molecule has 0 aliphatic rings. The first-order valence-electron chi connectivity index (χ1n) is 5.66. The molecule has 0 saturated carbocycles. The highest BCUT2D eigenvalue weighted by Gasteiger charge is 2.23. The van der Waals surface area contributed by atoms with Gasteiger partial charge in [0.05, 0.1) is 9.77 Å². The first-order chi connectivity index (χ1) is 8.31. The molecule has 1 aromatic heterocycles. The molecule has 0 aliphatic carbocycles. The summed E-state index contributed by atoms with van der Waals surface area (Å²) in [6.45, 7) is 5.41. The summed E-state index contributed by atoms with van der Waals surface area (Å²) in [6, 6.07) is 1.29. The van der Waals surface area contributed by atoms with Gasteiger partial charge in [0.25, 0.3) is 5.91 Å². The largest absolute Gasteiger partial charge is 0.354 e. The molecular weight excluding hydrogens is 272 g/mol. The molecule has 1 heterocycles. The number of carbonyl (C=O) groups excluding carboxylic acids is 1. The number of hydrogen-bond acceptors (Lipinski definition) is 4. The predicted molar refractivity (Wildman–Crippen MR) is 72.5 cm³/mol. The van der Waals surface area contributed by atoms with Crippen molar-refractivity contribution < 1.29 is 13.2 Å². The molecule has 1 unspecified atom stereocenters. The third kappa shape index (κ3) is 3.30. The normalized spacial score (nSPS) is 13.3. The number of aryl methyl sites for hydroxylation is 1. The van der Waals surface area contributed by atoms with E-state index in [1.54, 1.807) is 13.8 Å². The van der Waals surface area contributed by atoms with E-state index in [2.05, 4.69) is 10.0 Å². The summed E-state index contributed by atoms with van der Waals surface area (Å²) in [5.74, 6) is -0.270. The van der Waals surface area contributed by atoms with Crippen molar-refractivity contribution in [2.75, 3.05) is 7.05 Å². The molecule has 18 heavy (non-hydrogen) atoms. The number of rotatable bonds is 5. The van der Waals surface area contributed by atoms with E-state index in [4.69, 9.17) is 0 Å². The van der Waals surface area contributed by atoms with Crippen LogP contribution in [0.25, 0.3) is 0 Å². The first kappa shape index (κ1) is 15.1. The molecule has 0 bridgehead atoms. The van der Waals surface area contributed by atoms with Gasteiger partial charge in [0, 0.05) is 18.0 Å². The molecule has 0 spiro atoms. The average molecular weight is 290 g/mol. The average Bonchev–Trinajstić information content (AvgIpc) is 2.70. The second kappa shape index (κ2) is 5.81. The Morgan fingerprint density at radius 2 is 2.11 bits per heavy atom. The molecule has 1 amide bonds. The summed E-state index contributed by atoms with van der Waals surface area (Å²) >= 11 is 1.18. The third-order valence-corrected chi connectivity index (χ3v) is 5.48. The second-order valence-corrected chi connectivity index (χ2v) is 6.98. The van der Waals surface area contributed by atoms with E-state index >= 15 is 0 Å².